The predicted molar refractivity (Wildman–Crippen MR) is 47.0 cm³/mol. The van der Waals surface area contributed by atoms with Crippen molar-refractivity contribution in [3.8, 4) is 0 Å². The number of fused-ring (bicyclic) bond motifs is 2. The molecule has 74 valence electrons. The summed E-state index contributed by atoms with van der Waals surface area (Å²) in [6, 6.07) is 0. The molecular weight excluding hydrogens is 168 g/mol. The Morgan fingerprint density at radius 2 is 2.15 bits per heavy atom. The largest absolute Gasteiger partial charge is 0.396 e. The number of hydrogen-bond donors (Lipinski definition) is 2. The lowest BCUT2D eigenvalue weighted by Gasteiger charge is -2.34. The van der Waals surface area contributed by atoms with E-state index in [9.17, 15) is 15.0 Å². The van der Waals surface area contributed by atoms with Gasteiger partial charge in [0.25, 0.3) is 0 Å². The van der Waals surface area contributed by atoms with Crippen LogP contribution >= 0.6 is 0 Å². The van der Waals surface area contributed by atoms with Crippen LogP contribution in [0.25, 0.3) is 0 Å². The molecule has 0 heterocycles. The van der Waals surface area contributed by atoms with E-state index in [4.69, 9.17) is 0 Å². The van der Waals surface area contributed by atoms with E-state index < -0.39 is 16.9 Å². The smallest absolute Gasteiger partial charge is 0.139 e. The zero-order valence-corrected chi connectivity index (χ0v) is 8.08. The minimum absolute atomic E-state index is 0.00301. The minimum atomic E-state index is -0.494. The Morgan fingerprint density at radius 1 is 1.54 bits per heavy atom. The molecule has 0 aliphatic heterocycles. The molecule has 0 aromatic carbocycles. The Bertz CT molecular complexity index is 263. The van der Waals surface area contributed by atoms with Gasteiger partial charge in [-0.2, -0.15) is 0 Å². The van der Waals surface area contributed by atoms with Crippen molar-refractivity contribution < 1.29 is 15.0 Å². The third-order valence-electron chi connectivity index (χ3n) is 4.51. The lowest BCUT2D eigenvalue weighted by Crippen LogP contribution is -2.37. The van der Waals surface area contributed by atoms with E-state index in [2.05, 4.69) is 0 Å². The summed E-state index contributed by atoms with van der Waals surface area (Å²) in [5.74, 6) is 0.175. The van der Waals surface area contributed by atoms with E-state index >= 15 is 0 Å². The summed E-state index contributed by atoms with van der Waals surface area (Å²) in [6.07, 6.45) is 0.558. The first kappa shape index (κ1) is 9.16. The van der Waals surface area contributed by atoms with Crippen molar-refractivity contribution in [3.05, 3.63) is 0 Å². The molecule has 4 unspecified atom stereocenters. The van der Waals surface area contributed by atoms with Crippen LogP contribution in [0.2, 0.25) is 0 Å². The molecule has 2 aliphatic rings. The molecule has 0 aromatic heterocycles. The highest BCUT2D eigenvalue weighted by Crippen LogP contribution is 2.63. The van der Waals surface area contributed by atoms with Gasteiger partial charge >= 0.3 is 0 Å². The predicted octanol–water partition coefficient (Wildman–Crippen LogP) is 0.345. The van der Waals surface area contributed by atoms with Crippen molar-refractivity contribution in [1.29, 1.82) is 0 Å². The lowest BCUT2D eigenvalue weighted by molar-refractivity contribution is -0.130. The second kappa shape index (κ2) is 2.34. The third-order valence-corrected chi connectivity index (χ3v) is 4.51. The average molecular weight is 184 g/mol. The molecule has 13 heavy (non-hydrogen) atoms. The zero-order valence-electron chi connectivity index (χ0n) is 8.08. The highest BCUT2D eigenvalue weighted by atomic mass is 16.3. The van der Waals surface area contributed by atoms with Gasteiger partial charge in [-0.15, -0.1) is 0 Å². The van der Waals surface area contributed by atoms with Crippen LogP contribution in [-0.4, -0.2) is 28.7 Å². The quantitative estimate of drug-likeness (QED) is 0.618. The van der Waals surface area contributed by atoms with Gasteiger partial charge < -0.3 is 10.2 Å². The topological polar surface area (TPSA) is 57.5 Å². The molecule has 0 saturated heterocycles. The first-order chi connectivity index (χ1) is 5.95. The van der Waals surface area contributed by atoms with Gasteiger partial charge in [0.2, 0.25) is 0 Å². The number of carbonyl (C=O) groups excluding carboxylic acids is 1. The molecule has 2 N–H and O–H groups in total. The summed E-state index contributed by atoms with van der Waals surface area (Å²) in [6.45, 7) is 3.79. The van der Waals surface area contributed by atoms with Gasteiger partial charge in [0.05, 0.1) is 6.10 Å². The molecule has 2 rings (SSSR count). The number of ketones is 1. The first-order valence-corrected chi connectivity index (χ1v) is 4.78. The van der Waals surface area contributed by atoms with E-state index in [1.54, 1.807) is 0 Å². The average Bonchev–Trinajstić information content (AvgIpc) is 2.37. The number of carbonyl (C=O) groups is 1. The van der Waals surface area contributed by atoms with Gasteiger partial charge in [0, 0.05) is 29.8 Å². The number of Topliss-reactive ketones (excluding diaryl/α,β-unsaturated/α-hetero) is 1. The Kier molecular flexibility index (Phi) is 1.65. The fraction of sp³-hybridized carbons (Fsp3) is 0.900. The van der Waals surface area contributed by atoms with Crippen molar-refractivity contribution >= 4 is 5.78 Å². The van der Waals surface area contributed by atoms with Crippen molar-refractivity contribution in [3.63, 3.8) is 0 Å². The molecule has 0 spiro atoms. The highest BCUT2D eigenvalue weighted by Gasteiger charge is 2.67. The number of rotatable bonds is 1. The maximum atomic E-state index is 11.7. The summed E-state index contributed by atoms with van der Waals surface area (Å²) in [4.78, 5) is 11.7. The molecule has 0 radical (unpaired) electrons. The highest BCUT2D eigenvalue weighted by molar-refractivity contribution is 5.89. The van der Waals surface area contributed by atoms with Gasteiger partial charge in [0.1, 0.15) is 5.78 Å². The monoisotopic (exact) mass is 184 g/mol. The summed E-state index contributed by atoms with van der Waals surface area (Å²) in [5, 5.41) is 19.0. The van der Waals surface area contributed by atoms with Gasteiger partial charge in [0.15, 0.2) is 0 Å². The van der Waals surface area contributed by atoms with E-state index in [0.717, 1.165) is 0 Å². The Morgan fingerprint density at radius 3 is 2.46 bits per heavy atom. The van der Waals surface area contributed by atoms with Crippen molar-refractivity contribution in [2.45, 2.75) is 32.8 Å². The molecule has 4 atom stereocenters. The molecule has 0 aromatic rings. The fourth-order valence-corrected chi connectivity index (χ4v) is 3.14. The Hall–Kier alpha value is -0.410. The van der Waals surface area contributed by atoms with Crippen molar-refractivity contribution in [1.82, 2.24) is 0 Å². The first-order valence-electron chi connectivity index (χ1n) is 4.78. The van der Waals surface area contributed by atoms with Crippen LogP contribution in [0.1, 0.15) is 26.7 Å². The van der Waals surface area contributed by atoms with E-state index in [0.29, 0.717) is 12.8 Å². The van der Waals surface area contributed by atoms with Gasteiger partial charge in [-0.1, -0.05) is 13.8 Å². The zero-order chi connectivity index (χ0) is 9.85. The second-order valence-electron chi connectivity index (χ2n) is 4.91. The number of aliphatic hydroxyl groups is 2. The van der Waals surface area contributed by atoms with Crippen LogP contribution in [0, 0.1) is 16.7 Å². The molecular formula is C10H16O3. The van der Waals surface area contributed by atoms with Gasteiger partial charge in [-0.05, 0) is 6.42 Å². The summed E-state index contributed by atoms with van der Waals surface area (Å²) < 4.78 is 0. The van der Waals surface area contributed by atoms with Crippen LogP contribution in [0.3, 0.4) is 0 Å². The maximum Gasteiger partial charge on any atom is 0.139 e. The van der Waals surface area contributed by atoms with Crippen LogP contribution in [0.5, 0.6) is 0 Å². The molecule has 2 saturated carbocycles. The van der Waals surface area contributed by atoms with Crippen molar-refractivity contribution in [2.75, 3.05) is 6.61 Å². The van der Waals surface area contributed by atoms with Gasteiger partial charge in [-0.3, -0.25) is 4.79 Å². The summed E-state index contributed by atoms with van der Waals surface area (Å²) in [5.41, 5.74) is -0.894. The normalized spacial score (nSPS) is 54.6. The molecule has 3 heteroatoms. The van der Waals surface area contributed by atoms with E-state index in [1.807, 2.05) is 13.8 Å². The standard InChI is InChI=1S/C10H16O3/c1-9-4-7(12)6(3-8(9)13)10(9,2)5-11/h6-7,11-12H,3-5H2,1-2H3. The second-order valence-corrected chi connectivity index (χ2v) is 4.91. The van der Waals surface area contributed by atoms with Gasteiger partial charge in [-0.25, -0.2) is 0 Å². The van der Waals surface area contributed by atoms with Crippen LogP contribution in [0.4, 0.5) is 0 Å². The Balaban J connectivity index is 2.46. The fourth-order valence-electron chi connectivity index (χ4n) is 3.14. The molecule has 2 aliphatic carbocycles. The lowest BCUT2D eigenvalue weighted by atomic mass is 9.69. The van der Waals surface area contributed by atoms with Crippen molar-refractivity contribution in [2.24, 2.45) is 16.7 Å². The number of aliphatic hydroxyl groups excluding tert-OH is 2. The van der Waals surface area contributed by atoms with E-state index in [1.165, 1.54) is 0 Å². The molecule has 2 bridgehead atoms. The third kappa shape index (κ3) is 0.796. The van der Waals surface area contributed by atoms with E-state index in [-0.39, 0.29) is 18.3 Å². The molecule has 3 nitrogen and oxygen atoms in total. The summed E-state index contributed by atoms with van der Waals surface area (Å²) >= 11 is 0. The maximum absolute atomic E-state index is 11.7. The van der Waals surface area contributed by atoms with Crippen LogP contribution < -0.4 is 0 Å². The number of hydrogen-bond acceptors (Lipinski definition) is 3. The molecule has 2 fully saturated rings. The SMILES string of the molecule is CC12CC(O)C(CC1=O)C2(C)CO. The minimum Gasteiger partial charge on any atom is -0.396 e. The summed E-state index contributed by atoms with van der Waals surface area (Å²) in [7, 11) is 0. The van der Waals surface area contributed by atoms with Crippen LogP contribution in [0.15, 0.2) is 0 Å². The molecule has 0 amide bonds. The van der Waals surface area contributed by atoms with Crippen LogP contribution in [-0.2, 0) is 4.79 Å². The Labute approximate surface area is 77.8 Å².